The number of ether oxygens (including phenoxy) is 1. The maximum absolute atomic E-state index is 9.82. The summed E-state index contributed by atoms with van der Waals surface area (Å²) in [6.07, 6.45) is 3.62. The van der Waals surface area contributed by atoms with Crippen LogP contribution in [0.2, 0.25) is 0 Å². The van der Waals surface area contributed by atoms with Crippen LogP contribution in [0.25, 0.3) is 0 Å². The molecule has 2 unspecified atom stereocenters. The highest BCUT2D eigenvalue weighted by molar-refractivity contribution is 7.09. The summed E-state index contributed by atoms with van der Waals surface area (Å²) in [5.74, 6) is 0.809. The van der Waals surface area contributed by atoms with E-state index in [4.69, 9.17) is 4.74 Å². The summed E-state index contributed by atoms with van der Waals surface area (Å²) in [5.41, 5.74) is 0. The van der Waals surface area contributed by atoms with Crippen molar-refractivity contribution >= 4 is 11.3 Å². The molecule has 2 rings (SSSR count). The molecule has 1 saturated carbocycles. The number of aliphatic hydroxyl groups is 1. The largest absolute Gasteiger partial charge is 0.389 e. The minimum atomic E-state index is -0.410. The van der Waals surface area contributed by atoms with Crippen molar-refractivity contribution in [1.82, 2.24) is 5.32 Å². The summed E-state index contributed by atoms with van der Waals surface area (Å²) >= 11 is 1.69. The van der Waals surface area contributed by atoms with Crippen LogP contribution in [0.1, 0.15) is 31.1 Å². The van der Waals surface area contributed by atoms with Crippen LogP contribution in [0.5, 0.6) is 0 Å². The second-order valence-electron chi connectivity index (χ2n) is 5.14. The van der Waals surface area contributed by atoms with E-state index in [1.165, 1.54) is 24.1 Å². The third-order valence-electron chi connectivity index (χ3n) is 3.67. The predicted octanol–water partition coefficient (Wildman–Crippen LogP) is 2.40. The summed E-state index contributed by atoms with van der Waals surface area (Å²) in [6.45, 7) is 3.85. The number of hydrogen-bond donors (Lipinski definition) is 2. The monoisotopic (exact) mass is 269 g/mol. The summed E-state index contributed by atoms with van der Waals surface area (Å²) in [4.78, 5) is 1.21. The highest BCUT2D eigenvalue weighted by Crippen LogP contribution is 2.29. The Hall–Kier alpha value is -0.420. The van der Waals surface area contributed by atoms with E-state index >= 15 is 0 Å². The van der Waals surface area contributed by atoms with Crippen LogP contribution < -0.4 is 5.32 Å². The van der Waals surface area contributed by atoms with E-state index in [9.17, 15) is 5.11 Å². The van der Waals surface area contributed by atoms with E-state index in [1.807, 2.05) is 17.5 Å². The molecule has 4 heteroatoms. The van der Waals surface area contributed by atoms with Gasteiger partial charge in [-0.15, -0.1) is 11.3 Å². The molecule has 0 saturated heterocycles. The number of aliphatic hydroxyl groups excluding tert-OH is 1. The Labute approximate surface area is 113 Å². The quantitative estimate of drug-likeness (QED) is 0.761. The standard InChI is InChI=1S/C14H23NO2S/c1-11(12-4-2-5-12)15-8-13(16)9-17-10-14-6-3-7-18-14/h3,6-7,11-13,15-16H,2,4-5,8-10H2,1H3. The summed E-state index contributed by atoms with van der Waals surface area (Å²) < 4.78 is 5.49. The lowest BCUT2D eigenvalue weighted by Gasteiger charge is -2.32. The molecule has 102 valence electrons. The average Bonchev–Trinajstić information content (AvgIpc) is 2.77. The zero-order valence-electron chi connectivity index (χ0n) is 11.0. The van der Waals surface area contributed by atoms with Crippen LogP contribution in [0.3, 0.4) is 0 Å². The fraction of sp³-hybridized carbons (Fsp3) is 0.714. The highest BCUT2D eigenvalue weighted by Gasteiger charge is 2.23. The van der Waals surface area contributed by atoms with Gasteiger partial charge in [0.2, 0.25) is 0 Å². The molecule has 2 atom stereocenters. The zero-order valence-corrected chi connectivity index (χ0v) is 11.8. The van der Waals surface area contributed by atoms with E-state index in [2.05, 4.69) is 12.2 Å². The van der Waals surface area contributed by atoms with E-state index in [1.54, 1.807) is 11.3 Å². The Kier molecular flexibility index (Phi) is 5.63. The third kappa shape index (κ3) is 4.35. The fourth-order valence-corrected chi connectivity index (χ4v) is 2.82. The third-order valence-corrected chi connectivity index (χ3v) is 4.52. The summed E-state index contributed by atoms with van der Waals surface area (Å²) in [5, 5.41) is 15.3. The molecule has 0 radical (unpaired) electrons. The van der Waals surface area contributed by atoms with Crippen molar-refractivity contribution in [2.24, 2.45) is 5.92 Å². The van der Waals surface area contributed by atoms with Crippen molar-refractivity contribution in [2.45, 2.75) is 44.9 Å². The van der Waals surface area contributed by atoms with E-state index in [-0.39, 0.29) is 0 Å². The van der Waals surface area contributed by atoms with E-state index in [0.29, 0.717) is 25.8 Å². The van der Waals surface area contributed by atoms with Gasteiger partial charge in [-0.25, -0.2) is 0 Å². The Balaban J connectivity index is 1.53. The first-order valence-electron chi connectivity index (χ1n) is 6.77. The zero-order chi connectivity index (χ0) is 12.8. The molecule has 1 aliphatic rings. The van der Waals surface area contributed by atoms with Gasteiger partial charge in [0.1, 0.15) is 0 Å². The molecular weight excluding hydrogens is 246 g/mol. The van der Waals surface area contributed by atoms with Gasteiger partial charge in [0.15, 0.2) is 0 Å². The number of nitrogens with one attached hydrogen (secondary N) is 1. The van der Waals surface area contributed by atoms with Gasteiger partial charge in [0.25, 0.3) is 0 Å². The molecule has 2 N–H and O–H groups in total. The lowest BCUT2D eigenvalue weighted by Crippen LogP contribution is -2.41. The number of thiophene rings is 1. The second-order valence-corrected chi connectivity index (χ2v) is 6.17. The Morgan fingerprint density at radius 1 is 1.56 bits per heavy atom. The highest BCUT2D eigenvalue weighted by atomic mass is 32.1. The lowest BCUT2D eigenvalue weighted by atomic mass is 9.80. The van der Waals surface area contributed by atoms with E-state index in [0.717, 1.165) is 5.92 Å². The van der Waals surface area contributed by atoms with Gasteiger partial charge in [0, 0.05) is 17.5 Å². The SMILES string of the molecule is CC(NCC(O)COCc1cccs1)C1CCC1. The molecule has 1 heterocycles. The first-order chi connectivity index (χ1) is 8.75. The van der Waals surface area contributed by atoms with Crippen LogP contribution >= 0.6 is 11.3 Å². The molecule has 1 aliphatic carbocycles. The van der Waals surface area contributed by atoms with Crippen molar-refractivity contribution in [3.05, 3.63) is 22.4 Å². The average molecular weight is 269 g/mol. The lowest BCUT2D eigenvalue weighted by molar-refractivity contribution is 0.0270. The smallest absolute Gasteiger partial charge is 0.0897 e. The first kappa shape index (κ1) is 14.0. The van der Waals surface area contributed by atoms with Crippen LogP contribution in [-0.2, 0) is 11.3 Å². The van der Waals surface area contributed by atoms with Gasteiger partial charge in [0.05, 0.1) is 19.3 Å². The van der Waals surface area contributed by atoms with Gasteiger partial charge in [-0.1, -0.05) is 12.5 Å². The minimum Gasteiger partial charge on any atom is -0.389 e. The molecule has 0 amide bonds. The van der Waals surface area contributed by atoms with Crippen molar-refractivity contribution < 1.29 is 9.84 Å². The Morgan fingerprint density at radius 3 is 3.00 bits per heavy atom. The van der Waals surface area contributed by atoms with Crippen molar-refractivity contribution in [1.29, 1.82) is 0 Å². The molecule has 1 aromatic rings. The van der Waals surface area contributed by atoms with Crippen molar-refractivity contribution in [3.63, 3.8) is 0 Å². The summed E-state index contributed by atoms with van der Waals surface area (Å²) in [6, 6.07) is 4.58. The first-order valence-corrected chi connectivity index (χ1v) is 7.65. The molecule has 1 aromatic heterocycles. The molecular formula is C14H23NO2S. The number of hydrogen-bond acceptors (Lipinski definition) is 4. The maximum atomic E-state index is 9.82. The predicted molar refractivity (Wildman–Crippen MR) is 74.8 cm³/mol. The molecule has 18 heavy (non-hydrogen) atoms. The van der Waals surface area contributed by atoms with Crippen molar-refractivity contribution in [3.8, 4) is 0 Å². The van der Waals surface area contributed by atoms with Crippen LogP contribution in [0, 0.1) is 5.92 Å². The molecule has 0 aromatic carbocycles. The molecule has 1 fully saturated rings. The molecule has 0 spiro atoms. The minimum absolute atomic E-state index is 0.405. The summed E-state index contributed by atoms with van der Waals surface area (Å²) in [7, 11) is 0. The molecule has 0 bridgehead atoms. The second kappa shape index (κ2) is 7.24. The van der Waals surface area contributed by atoms with Crippen LogP contribution in [0.15, 0.2) is 17.5 Å². The fourth-order valence-electron chi connectivity index (χ4n) is 2.18. The number of rotatable bonds is 8. The molecule has 0 aliphatic heterocycles. The maximum Gasteiger partial charge on any atom is 0.0897 e. The molecule has 3 nitrogen and oxygen atoms in total. The Morgan fingerprint density at radius 2 is 2.39 bits per heavy atom. The topological polar surface area (TPSA) is 41.5 Å². The van der Waals surface area contributed by atoms with Gasteiger partial charge >= 0.3 is 0 Å². The van der Waals surface area contributed by atoms with Gasteiger partial charge in [-0.3, -0.25) is 0 Å². The van der Waals surface area contributed by atoms with E-state index < -0.39 is 6.10 Å². The Bertz CT molecular complexity index is 325. The van der Waals surface area contributed by atoms with Crippen LogP contribution in [-0.4, -0.2) is 30.4 Å². The van der Waals surface area contributed by atoms with Gasteiger partial charge < -0.3 is 15.2 Å². The van der Waals surface area contributed by atoms with Crippen LogP contribution in [0.4, 0.5) is 0 Å². The van der Waals surface area contributed by atoms with Gasteiger partial charge in [-0.2, -0.15) is 0 Å². The van der Waals surface area contributed by atoms with Crippen molar-refractivity contribution in [2.75, 3.05) is 13.2 Å². The normalized spacial score (nSPS) is 19.4. The van der Waals surface area contributed by atoms with Gasteiger partial charge in [-0.05, 0) is 37.1 Å².